The van der Waals surface area contributed by atoms with Crippen molar-refractivity contribution < 1.29 is 9.90 Å². The molecule has 0 aromatic carbocycles. The van der Waals surface area contributed by atoms with E-state index in [1.807, 2.05) is 0 Å². The molecule has 0 radical (unpaired) electrons. The Bertz CT molecular complexity index is 520. The third-order valence-electron chi connectivity index (χ3n) is 4.82. The van der Waals surface area contributed by atoms with Gasteiger partial charge in [0.25, 0.3) is 5.91 Å². The first-order valence-electron chi connectivity index (χ1n) is 7.30. The predicted octanol–water partition coefficient (Wildman–Crippen LogP) is 1.31. The Morgan fingerprint density at radius 2 is 2.25 bits per heavy atom. The number of rotatable bonds is 2. The molecule has 2 heterocycles. The summed E-state index contributed by atoms with van der Waals surface area (Å²) in [5.41, 5.74) is 5.88. The second-order valence-corrected chi connectivity index (χ2v) is 6.03. The summed E-state index contributed by atoms with van der Waals surface area (Å²) >= 11 is 0. The maximum atomic E-state index is 11.5. The average molecular weight is 275 g/mol. The van der Waals surface area contributed by atoms with Crippen LogP contribution in [0.5, 0.6) is 0 Å². The Labute approximate surface area is 118 Å². The van der Waals surface area contributed by atoms with Crippen LogP contribution in [0, 0.1) is 5.41 Å². The monoisotopic (exact) mass is 275 g/mol. The number of amides is 1. The molecule has 2 aliphatic rings. The molecule has 3 rings (SSSR count). The fourth-order valence-corrected chi connectivity index (χ4v) is 3.78. The number of nitrogens with two attached hydrogens (primary N) is 1. The predicted molar refractivity (Wildman–Crippen MR) is 76.5 cm³/mol. The number of nitrogens with zero attached hydrogens (tertiary/aromatic N) is 2. The molecular weight excluding hydrogens is 254 g/mol. The normalized spacial score (nSPS) is 29.9. The molecule has 5 nitrogen and oxygen atoms in total. The van der Waals surface area contributed by atoms with E-state index >= 15 is 0 Å². The van der Waals surface area contributed by atoms with Crippen molar-refractivity contribution in [1.82, 2.24) is 4.98 Å². The minimum absolute atomic E-state index is 0.0231. The lowest BCUT2D eigenvalue weighted by Crippen LogP contribution is -2.48. The number of primary amides is 1. The summed E-state index contributed by atoms with van der Waals surface area (Å²) in [6.07, 6.45) is 6.57. The number of piperidine rings is 1. The van der Waals surface area contributed by atoms with Crippen LogP contribution in [0.1, 0.15) is 42.5 Å². The number of hydrogen-bond acceptors (Lipinski definition) is 4. The van der Waals surface area contributed by atoms with Gasteiger partial charge in [-0.15, -0.1) is 0 Å². The minimum atomic E-state index is -0.445. The first-order chi connectivity index (χ1) is 9.62. The summed E-state index contributed by atoms with van der Waals surface area (Å²) in [5.74, 6) is 0.220. The van der Waals surface area contributed by atoms with E-state index in [4.69, 9.17) is 5.73 Å². The Morgan fingerprint density at radius 3 is 2.95 bits per heavy atom. The Morgan fingerprint density at radius 1 is 1.45 bits per heavy atom. The Balaban J connectivity index is 1.89. The van der Waals surface area contributed by atoms with Crippen molar-refractivity contribution in [3.05, 3.63) is 23.9 Å². The SMILES string of the molecule is NC(=O)c1cccnc1N1CCC[C@@]2(CCC[C@H]2O)C1. The number of carbonyl (C=O) groups excluding carboxylic acids is 1. The third-order valence-corrected chi connectivity index (χ3v) is 4.82. The van der Waals surface area contributed by atoms with Crippen molar-refractivity contribution in [2.24, 2.45) is 11.1 Å². The summed E-state index contributed by atoms with van der Waals surface area (Å²) in [6, 6.07) is 3.45. The summed E-state index contributed by atoms with van der Waals surface area (Å²) < 4.78 is 0. The molecule has 1 amide bonds. The lowest BCUT2D eigenvalue weighted by Gasteiger charge is -2.43. The molecule has 1 spiro atoms. The number of hydrogen-bond donors (Lipinski definition) is 2. The first-order valence-corrected chi connectivity index (χ1v) is 7.30. The zero-order valence-electron chi connectivity index (χ0n) is 11.6. The molecule has 0 unspecified atom stereocenters. The van der Waals surface area contributed by atoms with Crippen LogP contribution in [-0.2, 0) is 0 Å². The molecule has 5 heteroatoms. The van der Waals surface area contributed by atoms with Crippen molar-refractivity contribution >= 4 is 11.7 Å². The van der Waals surface area contributed by atoms with E-state index in [0.29, 0.717) is 11.4 Å². The van der Waals surface area contributed by atoms with E-state index in [1.165, 1.54) is 0 Å². The molecule has 3 N–H and O–H groups in total. The van der Waals surface area contributed by atoms with Gasteiger partial charge < -0.3 is 15.7 Å². The van der Waals surface area contributed by atoms with E-state index < -0.39 is 5.91 Å². The van der Waals surface area contributed by atoms with Crippen molar-refractivity contribution in [2.75, 3.05) is 18.0 Å². The molecule has 1 aliphatic heterocycles. The van der Waals surface area contributed by atoms with E-state index in [9.17, 15) is 9.90 Å². The highest BCUT2D eigenvalue weighted by Gasteiger charge is 2.45. The van der Waals surface area contributed by atoms with Crippen LogP contribution in [-0.4, -0.2) is 35.2 Å². The first kappa shape index (κ1) is 13.4. The number of aliphatic hydroxyl groups is 1. The summed E-state index contributed by atoms with van der Waals surface area (Å²) in [5, 5.41) is 10.3. The van der Waals surface area contributed by atoms with Crippen LogP contribution in [0.3, 0.4) is 0 Å². The molecular formula is C15H21N3O2. The van der Waals surface area contributed by atoms with Crippen molar-refractivity contribution in [2.45, 2.75) is 38.2 Å². The standard InChI is InChI=1S/C15H21N3O2/c16-13(20)11-4-2-8-17-14(11)18-9-3-7-15(10-18)6-1-5-12(15)19/h2,4,8,12,19H,1,3,5-7,9-10H2,(H2,16,20)/t12-,15+/m1/s1. The Kier molecular flexibility index (Phi) is 3.38. The highest BCUT2D eigenvalue weighted by molar-refractivity contribution is 5.97. The maximum Gasteiger partial charge on any atom is 0.252 e. The second kappa shape index (κ2) is 5.05. The van der Waals surface area contributed by atoms with Crippen molar-refractivity contribution in [1.29, 1.82) is 0 Å². The fraction of sp³-hybridized carbons (Fsp3) is 0.600. The maximum absolute atomic E-state index is 11.5. The largest absolute Gasteiger partial charge is 0.392 e. The van der Waals surface area contributed by atoms with Gasteiger partial charge in [-0.05, 0) is 37.8 Å². The van der Waals surface area contributed by atoms with Crippen LogP contribution < -0.4 is 10.6 Å². The van der Waals surface area contributed by atoms with Gasteiger partial charge in [-0.2, -0.15) is 0 Å². The molecule has 108 valence electrons. The topological polar surface area (TPSA) is 79.5 Å². The zero-order valence-corrected chi connectivity index (χ0v) is 11.6. The van der Waals surface area contributed by atoms with Gasteiger partial charge in [0.05, 0.1) is 11.7 Å². The number of aromatic nitrogens is 1. The van der Waals surface area contributed by atoms with Gasteiger partial charge in [-0.1, -0.05) is 6.42 Å². The van der Waals surface area contributed by atoms with Crippen molar-refractivity contribution in [3.63, 3.8) is 0 Å². The van der Waals surface area contributed by atoms with Crippen LogP contribution in [0.2, 0.25) is 0 Å². The van der Waals surface area contributed by atoms with Gasteiger partial charge >= 0.3 is 0 Å². The lowest BCUT2D eigenvalue weighted by molar-refractivity contribution is 0.0407. The third kappa shape index (κ3) is 2.16. The smallest absolute Gasteiger partial charge is 0.252 e. The summed E-state index contributed by atoms with van der Waals surface area (Å²) in [6.45, 7) is 1.64. The van der Waals surface area contributed by atoms with Gasteiger partial charge in [-0.25, -0.2) is 4.98 Å². The van der Waals surface area contributed by atoms with Crippen LogP contribution in [0.4, 0.5) is 5.82 Å². The van der Waals surface area contributed by atoms with Gasteiger partial charge in [0, 0.05) is 24.7 Å². The molecule has 1 aromatic rings. The highest BCUT2D eigenvalue weighted by Crippen LogP contribution is 2.45. The average Bonchev–Trinajstić information content (AvgIpc) is 2.79. The minimum Gasteiger partial charge on any atom is -0.392 e. The van der Waals surface area contributed by atoms with Crippen LogP contribution >= 0.6 is 0 Å². The molecule has 0 bridgehead atoms. The number of carbonyl (C=O) groups is 1. The molecule has 20 heavy (non-hydrogen) atoms. The van der Waals surface area contributed by atoms with Crippen LogP contribution in [0.15, 0.2) is 18.3 Å². The number of aliphatic hydroxyl groups excluding tert-OH is 1. The molecule has 1 saturated carbocycles. The molecule has 2 atom stereocenters. The quantitative estimate of drug-likeness (QED) is 0.853. The van der Waals surface area contributed by atoms with Gasteiger partial charge in [0.2, 0.25) is 0 Å². The molecule has 1 saturated heterocycles. The molecule has 1 aliphatic carbocycles. The van der Waals surface area contributed by atoms with E-state index in [0.717, 1.165) is 45.2 Å². The summed E-state index contributed by atoms with van der Waals surface area (Å²) in [4.78, 5) is 18.0. The lowest BCUT2D eigenvalue weighted by atomic mass is 9.76. The molecule has 1 aromatic heterocycles. The second-order valence-electron chi connectivity index (χ2n) is 6.03. The Hall–Kier alpha value is -1.62. The fourth-order valence-electron chi connectivity index (χ4n) is 3.78. The molecule has 2 fully saturated rings. The number of anilines is 1. The summed E-state index contributed by atoms with van der Waals surface area (Å²) in [7, 11) is 0. The van der Waals surface area contributed by atoms with E-state index in [1.54, 1.807) is 18.3 Å². The highest BCUT2D eigenvalue weighted by atomic mass is 16.3. The van der Waals surface area contributed by atoms with E-state index in [2.05, 4.69) is 9.88 Å². The van der Waals surface area contributed by atoms with Gasteiger partial charge in [-0.3, -0.25) is 4.79 Å². The van der Waals surface area contributed by atoms with Crippen LogP contribution in [0.25, 0.3) is 0 Å². The zero-order chi connectivity index (χ0) is 14.2. The van der Waals surface area contributed by atoms with Gasteiger partial charge in [0.1, 0.15) is 5.82 Å². The number of pyridine rings is 1. The van der Waals surface area contributed by atoms with Gasteiger partial charge in [0.15, 0.2) is 0 Å². The van der Waals surface area contributed by atoms with Crippen molar-refractivity contribution in [3.8, 4) is 0 Å². The van der Waals surface area contributed by atoms with E-state index in [-0.39, 0.29) is 11.5 Å².